The van der Waals surface area contributed by atoms with Gasteiger partial charge >= 0.3 is 0 Å². The Morgan fingerprint density at radius 3 is 2.12 bits per heavy atom. The summed E-state index contributed by atoms with van der Waals surface area (Å²) in [5.74, 6) is 1.79. The summed E-state index contributed by atoms with van der Waals surface area (Å²) in [4.78, 5) is 15.4. The van der Waals surface area contributed by atoms with E-state index >= 15 is 0 Å². The second kappa shape index (κ2) is 9.16. The Labute approximate surface area is 202 Å². The van der Waals surface area contributed by atoms with Gasteiger partial charge in [0.25, 0.3) is 0 Å². The molecular weight excluding hydrogens is 442 g/mol. The molecular formula is C27H27N5OS. The highest BCUT2D eigenvalue weighted by molar-refractivity contribution is 7.82. The van der Waals surface area contributed by atoms with Crippen LogP contribution >= 0.6 is 0 Å². The molecule has 4 aromatic rings. The van der Waals surface area contributed by atoms with Crippen LogP contribution in [0.2, 0.25) is 0 Å². The molecule has 0 amide bonds. The third-order valence-corrected chi connectivity index (χ3v) is 8.07. The summed E-state index contributed by atoms with van der Waals surface area (Å²) in [6, 6.07) is 26.7. The predicted octanol–water partition coefficient (Wildman–Crippen LogP) is 4.91. The van der Waals surface area contributed by atoms with Crippen molar-refractivity contribution in [3.05, 3.63) is 84.4 Å². The number of rotatable bonds is 6. The number of hydrogen-bond donors (Lipinski definition) is 0. The molecule has 1 saturated heterocycles. The zero-order valence-electron chi connectivity index (χ0n) is 19.0. The molecule has 0 spiro atoms. The minimum absolute atomic E-state index is 0.688. The van der Waals surface area contributed by atoms with E-state index in [0.29, 0.717) is 6.67 Å². The quantitative estimate of drug-likeness (QED) is 0.402. The first kappa shape index (κ1) is 21.3. The Kier molecular flexibility index (Phi) is 5.73. The van der Waals surface area contributed by atoms with Crippen LogP contribution in [0.4, 0.5) is 17.3 Å². The van der Waals surface area contributed by atoms with Gasteiger partial charge in [0.15, 0.2) is 11.6 Å². The van der Waals surface area contributed by atoms with Gasteiger partial charge in [-0.2, -0.15) is 0 Å². The van der Waals surface area contributed by atoms with E-state index in [2.05, 4.69) is 56.6 Å². The smallest absolute Gasteiger partial charge is 0.178 e. The van der Waals surface area contributed by atoms with E-state index in [1.807, 2.05) is 36.4 Å². The monoisotopic (exact) mass is 469 g/mol. The zero-order valence-corrected chi connectivity index (χ0v) is 19.8. The van der Waals surface area contributed by atoms with Crippen LogP contribution in [-0.4, -0.2) is 44.8 Å². The second-order valence-corrected chi connectivity index (χ2v) is 10.3. The van der Waals surface area contributed by atoms with Crippen LogP contribution in [0.3, 0.4) is 0 Å². The summed E-state index contributed by atoms with van der Waals surface area (Å²) in [5.41, 5.74) is 4.15. The molecule has 6 nitrogen and oxygen atoms in total. The molecule has 0 bridgehead atoms. The van der Waals surface area contributed by atoms with E-state index in [9.17, 15) is 4.21 Å². The van der Waals surface area contributed by atoms with Gasteiger partial charge in [-0.25, -0.2) is 18.5 Å². The first-order valence-electron chi connectivity index (χ1n) is 11.9. The van der Waals surface area contributed by atoms with Gasteiger partial charge in [0.1, 0.15) is 11.0 Å². The van der Waals surface area contributed by atoms with Crippen molar-refractivity contribution >= 4 is 39.3 Å². The topological polar surface area (TPSA) is 52.6 Å². The fourth-order valence-electron chi connectivity index (χ4n) is 4.71. The highest BCUT2D eigenvalue weighted by Crippen LogP contribution is 2.39. The summed E-state index contributed by atoms with van der Waals surface area (Å²) in [5, 5.41) is 0. The van der Waals surface area contributed by atoms with Crippen LogP contribution in [0, 0.1) is 0 Å². The Morgan fingerprint density at radius 1 is 0.765 bits per heavy atom. The zero-order chi connectivity index (χ0) is 22.9. The normalized spacial score (nSPS) is 16.8. The highest BCUT2D eigenvalue weighted by atomic mass is 32.2. The van der Waals surface area contributed by atoms with Crippen molar-refractivity contribution < 1.29 is 4.21 Å². The fraction of sp³-hybridized carbons (Fsp3) is 0.259. The standard InChI is InChI=1S/C27H27N5OS/c33-34(31-17-6-7-18-31)23-14-12-22(13-15-23)32-20-30(19-16-21-8-2-1-3-9-21)26-27(32)29-25-11-5-4-10-24(25)28-26/h1-5,8-15H,6-7,16-20H2. The molecule has 1 atom stereocenters. The minimum atomic E-state index is -1.09. The summed E-state index contributed by atoms with van der Waals surface area (Å²) in [7, 11) is -1.09. The second-order valence-electron chi connectivity index (χ2n) is 8.81. The maximum absolute atomic E-state index is 12.9. The van der Waals surface area contributed by atoms with Gasteiger partial charge in [0.05, 0.1) is 22.6 Å². The molecule has 3 aromatic carbocycles. The van der Waals surface area contributed by atoms with Crippen molar-refractivity contribution in [3.63, 3.8) is 0 Å². The molecule has 0 radical (unpaired) electrons. The highest BCUT2D eigenvalue weighted by Gasteiger charge is 2.30. The van der Waals surface area contributed by atoms with Gasteiger partial charge in [0, 0.05) is 25.3 Å². The van der Waals surface area contributed by atoms with Crippen molar-refractivity contribution in [1.29, 1.82) is 0 Å². The van der Waals surface area contributed by atoms with Crippen molar-refractivity contribution in [2.45, 2.75) is 24.2 Å². The lowest BCUT2D eigenvalue weighted by atomic mass is 10.1. The summed E-state index contributed by atoms with van der Waals surface area (Å²) < 4.78 is 14.9. The Morgan fingerprint density at radius 2 is 1.41 bits per heavy atom. The number of hydrogen-bond acceptors (Lipinski definition) is 5. The molecule has 2 aliphatic rings. The fourth-order valence-corrected chi connectivity index (χ4v) is 5.97. The predicted molar refractivity (Wildman–Crippen MR) is 138 cm³/mol. The summed E-state index contributed by atoms with van der Waals surface area (Å²) in [6.07, 6.45) is 3.19. The Hall–Kier alpha value is -3.29. The van der Waals surface area contributed by atoms with Crippen LogP contribution in [0.5, 0.6) is 0 Å². The number of aromatic nitrogens is 2. The molecule has 0 aliphatic carbocycles. The maximum atomic E-state index is 12.9. The summed E-state index contributed by atoms with van der Waals surface area (Å²) in [6.45, 7) is 3.37. The van der Waals surface area contributed by atoms with Crippen LogP contribution < -0.4 is 9.80 Å². The molecule has 7 heteroatoms. The van der Waals surface area contributed by atoms with Crippen molar-refractivity contribution in [2.24, 2.45) is 0 Å². The van der Waals surface area contributed by atoms with Crippen LogP contribution in [0.25, 0.3) is 11.0 Å². The van der Waals surface area contributed by atoms with E-state index < -0.39 is 11.0 Å². The van der Waals surface area contributed by atoms with Gasteiger partial charge in [-0.15, -0.1) is 0 Å². The lowest BCUT2D eigenvalue weighted by Gasteiger charge is -2.21. The molecule has 0 saturated carbocycles. The lowest BCUT2D eigenvalue weighted by Crippen LogP contribution is -2.30. The minimum Gasteiger partial charge on any atom is -0.335 e. The van der Waals surface area contributed by atoms with E-state index in [4.69, 9.17) is 9.97 Å². The molecule has 1 aromatic heterocycles. The molecule has 1 unspecified atom stereocenters. The lowest BCUT2D eigenvalue weighted by molar-refractivity contribution is 0.536. The Bertz CT molecular complexity index is 1320. The van der Waals surface area contributed by atoms with Gasteiger partial charge in [-0.05, 0) is 61.2 Å². The van der Waals surface area contributed by atoms with Gasteiger partial charge < -0.3 is 9.80 Å². The number of para-hydroxylation sites is 2. The summed E-state index contributed by atoms with van der Waals surface area (Å²) >= 11 is 0. The molecule has 0 N–H and O–H groups in total. The molecule has 172 valence electrons. The largest absolute Gasteiger partial charge is 0.335 e. The van der Waals surface area contributed by atoms with E-state index in [-0.39, 0.29) is 0 Å². The molecule has 3 heterocycles. The molecule has 34 heavy (non-hydrogen) atoms. The van der Waals surface area contributed by atoms with Crippen molar-refractivity contribution in [3.8, 4) is 0 Å². The number of nitrogens with zero attached hydrogens (tertiary/aromatic N) is 5. The van der Waals surface area contributed by atoms with Gasteiger partial charge in [-0.3, -0.25) is 0 Å². The van der Waals surface area contributed by atoms with E-state index in [1.165, 1.54) is 5.56 Å². The molecule has 1 fully saturated rings. The van der Waals surface area contributed by atoms with Crippen LogP contribution in [-0.2, 0) is 17.4 Å². The van der Waals surface area contributed by atoms with E-state index in [0.717, 1.165) is 72.1 Å². The third kappa shape index (κ3) is 4.06. The SMILES string of the molecule is O=S(c1ccc(N2CN(CCc3ccccc3)c3nc4ccccc4nc32)cc1)N1CCCC1. The average Bonchev–Trinajstić information content (AvgIpc) is 3.55. The first-order chi connectivity index (χ1) is 16.8. The number of fused-ring (bicyclic) bond motifs is 2. The molecule has 2 aliphatic heterocycles. The number of anilines is 3. The Balaban J connectivity index is 1.30. The van der Waals surface area contributed by atoms with Crippen LogP contribution in [0.1, 0.15) is 18.4 Å². The number of benzene rings is 3. The van der Waals surface area contributed by atoms with Gasteiger partial charge in [0.2, 0.25) is 0 Å². The average molecular weight is 470 g/mol. The van der Waals surface area contributed by atoms with Crippen molar-refractivity contribution in [2.75, 3.05) is 36.1 Å². The maximum Gasteiger partial charge on any atom is 0.178 e. The molecule has 6 rings (SSSR count). The van der Waals surface area contributed by atoms with E-state index in [1.54, 1.807) is 0 Å². The van der Waals surface area contributed by atoms with Crippen LogP contribution in [0.15, 0.2) is 83.8 Å². The third-order valence-electron chi connectivity index (χ3n) is 6.56. The first-order valence-corrected chi connectivity index (χ1v) is 13.0. The van der Waals surface area contributed by atoms with Gasteiger partial charge in [-0.1, -0.05) is 42.5 Å². The van der Waals surface area contributed by atoms with Crippen molar-refractivity contribution in [1.82, 2.24) is 14.3 Å².